The topological polar surface area (TPSA) is 38.3 Å². The van der Waals surface area contributed by atoms with Crippen LogP contribution in [0.25, 0.3) is 0 Å². The van der Waals surface area contributed by atoms with Crippen LogP contribution in [-0.4, -0.2) is 13.0 Å². The van der Waals surface area contributed by atoms with Crippen molar-refractivity contribution in [3.8, 4) is 5.75 Å². The zero-order valence-electron chi connectivity index (χ0n) is 10.4. The number of methoxy groups -OCH3 is 1. The lowest BCUT2D eigenvalue weighted by Crippen LogP contribution is -2.13. The SMILES string of the molecule is COc1ccc(Cl)cc1C(=O)Nc1ccc(Br)c(Cl)c1. The molecule has 1 N–H and O–H groups in total. The van der Waals surface area contributed by atoms with E-state index >= 15 is 0 Å². The molecule has 1 amide bonds. The van der Waals surface area contributed by atoms with E-state index in [1.807, 2.05) is 0 Å². The number of rotatable bonds is 3. The van der Waals surface area contributed by atoms with Crippen LogP contribution in [0.4, 0.5) is 5.69 Å². The highest BCUT2D eigenvalue weighted by Gasteiger charge is 2.13. The fraction of sp³-hybridized carbons (Fsp3) is 0.0714. The second-order valence-corrected chi connectivity index (χ2v) is 5.63. The molecule has 0 atom stereocenters. The Balaban J connectivity index is 2.27. The van der Waals surface area contributed by atoms with Crippen LogP contribution in [0.3, 0.4) is 0 Å². The number of halogens is 3. The molecule has 2 aromatic rings. The first-order valence-electron chi connectivity index (χ1n) is 5.61. The van der Waals surface area contributed by atoms with Crippen molar-refractivity contribution in [3.63, 3.8) is 0 Å². The number of carbonyl (C=O) groups is 1. The standard InChI is InChI=1S/C14H10BrCl2NO2/c1-20-13-5-2-8(16)6-10(13)14(19)18-9-3-4-11(15)12(17)7-9/h2-7H,1H3,(H,18,19). The molecule has 2 aromatic carbocycles. The zero-order valence-corrected chi connectivity index (χ0v) is 13.5. The fourth-order valence-corrected chi connectivity index (χ4v) is 2.23. The maximum Gasteiger partial charge on any atom is 0.259 e. The van der Waals surface area contributed by atoms with Crippen molar-refractivity contribution in [3.05, 3.63) is 56.5 Å². The summed E-state index contributed by atoms with van der Waals surface area (Å²) in [6.07, 6.45) is 0. The molecular weight excluding hydrogens is 365 g/mol. The Kier molecular flexibility index (Phi) is 4.91. The van der Waals surface area contributed by atoms with E-state index in [-0.39, 0.29) is 5.91 Å². The summed E-state index contributed by atoms with van der Waals surface area (Å²) in [5.74, 6) is 0.137. The van der Waals surface area contributed by atoms with Gasteiger partial charge in [-0.25, -0.2) is 0 Å². The van der Waals surface area contributed by atoms with Gasteiger partial charge in [0.2, 0.25) is 0 Å². The van der Waals surface area contributed by atoms with E-state index in [1.54, 1.807) is 36.4 Å². The number of anilines is 1. The molecule has 0 radical (unpaired) electrons. The van der Waals surface area contributed by atoms with Crippen LogP contribution < -0.4 is 10.1 Å². The van der Waals surface area contributed by atoms with E-state index < -0.39 is 0 Å². The number of benzene rings is 2. The summed E-state index contributed by atoms with van der Waals surface area (Å²) in [6.45, 7) is 0. The monoisotopic (exact) mass is 373 g/mol. The molecule has 0 spiro atoms. The Hall–Kier alpha value is -1.23. The first-order chi connectivity index (χ1) is 9.51. The molecule has 0 aromatic heterocycles. The summed E-state index contributed by atoms with van der Waals surface area (Å²) < 4.78 is 5.91. The van der Waals surface area contributed by atoms with Gasteiger partial charge < -0.3 is 10.1 Å². The maximum absolute atomic E-state index is 12.2. The largest absolute Gasteiger partial charge is 0.496 e. The first kappa shape index (κ1) is 15.2. The smallest absolute Gasteiger partial charge is 0.259 e. The van der Waals surface area contributed by atoms with Gasteiger partial charge in [0.25, 0.3) is 5.91 Å². The first-order valence-corrected chi connectivity index (χ1v) is 7.16. The molecule has 0 unspecified atom stereocenters. The van der Waals surface area contributed by atoms with Gasteiger partial charge in [-0.3, -0.25) is 4.79 Å². The van der Waals surface area contributed by atoms with E-state index in [0.29, 0.717) is 27.0 Å². The van der Waals surface area contributed by atoms with Crippen molar-refractivity contribution >= 4 is 50.7 Å². The minimum atomic E-state index is -0.317. The molecule has 0 aliphatic rings. The van der Waals surface area contributed by atoms with Gasteiger partial charge in [0.1, 0.15) is 5.75 Å². The summed E-state index contributed by atoms with van der Waals surface area (Å²) in [5.41, 5.74) is 0.948. The van der Waals surface area contributed by atoms with Gasteiger partial charge in [0.05, 0.1) is 17.7 Å². The lowest BCUT2D eigenvalue weighted by Gasteiger charge is -2.10. The quantitative estimate of drug-likeness (QED) is 0.819. The lowest BCUT2D eigenvalue weighted by atomic mass is 10.2. The van der Waals surface area contributed by atoms with E-state index in [0.717, 1.165) is 4.47 Å². The third-order valence-corrected chi connectivity index (χ3v) is 4.05. The molecule has 0 aliphatic carbocycles. The molecule has 0 fully saturated rings. The van der Waals surface area contributed by atoms with Crippen molar-refractivity contribution in [2.75, 3.05) is 12.4 Å². The van der Waals surface area contributed by atoms with Crippen LogP contribution in [0, 0.1) is 0 Å². The van der Waals surface area contributed by atoms with E-state index in [9.17, 15) is 4.79 Å². The summed E-state index contributed by atoms with van der Waals surface area (Å²) in [5, 5.41) is 3.72. The molecule has 0 saturated heterocycles. The average Bonchev–Trinajstić information content (AvgIpc) is 2.43. The highest BCUT2D eigenvalue weighted by Crippen LogP contribution is 2.27. The number of nitrogens with one attached hydrogen (secondary N) is 1. The Morgan fingerprint density at radius 1 is 1.20 bits per heavy atom. The van der Waals surface area contributed by atoms with Gasteiger partial charge >= 0.3 is 0 Å². The summed E-state index contributed by atoms with van der Waals surface area (Å²) in [6, 6.07) is 10.0. The minimum Gasteiger partial charge on any atom is -0.496 e. The van der Waals surface area contributed by atoms with Crippen molar-refractivity contribution < 1.29 is 9.53 Å². The normalized spacial score (nSPS) is 10.2. The Morgan fingerprint density at radius 2 is 1.95 bits per heavy atom. The predicted octanol–water partition coefficient (Wildman–Crippen LogP) is 5.02. The maximum atomic E-state index is 12.2. The molecule has 0 heterocycles. The van der Waals surface area contributed by atoms with Crippen LogP contribution in [0.5, 0.6) is 5.75 Å². The van der Waals surface area contributed by atoms with Crippen molar-refractivity contribution in [2.45, 2.75) is 0 Å². The summed E-state index contributed by atoms with van der Waals surface area (Å²) in [4.78, 5) is 12.2. The van der Waals surface area contributed by atoms with Gasteiger partial charge in [0.15, 0.2) is 0 Å². The van der Waals surface area contributed by atoms with E-state index in [1.165, 1.54) is 7.11 Å². The Labute approximate surface area is 135 Å². The molecule has 0 bridgehead atoms. The molecule has 6 heteroatoms. The minimum absolute atomic E-state index is 0.317. The van der Waals surface area contributed by atoms with Gasteiger partial charge in [0, 0.05) is 15.2 Å². The van der Waals surface area contributed by atoms with Gasteiger partial charge in [-0.1, -0.05) is 23.2 Å². The van der Waals surface area contributed by atoms with Crippen LogP contribution >= 0.6 is 39.1 Å². The second-order valence-electron chi connectivity index (χ2n) is 3.93. The van der Waals surface area contributed by atoms with Crippen LogP contribution in [0.15, 0.2) is 40.9 Å². The van der Waals surface area contributed by atoms with Crippen molar-refractivity contribution in [1.82, 2.24) is 0 Å². The van der Waals surface area contributed by atoms with Gasteiger partial charge in [-0.05, 0) is 52.3 Å². The van der Waals surface area contributed by atoms with Crippen LogP contribution in [-0.2, 0) is 0 Å². The fourth-order valence-electron chi connectivity index (χ4n) is 1.63. The molecule has 20 heavy (non-hydrogen) atoms. The third kappa shape index (κ3) is 3.45. The molecule has 0 saturated carbocycles. The average molecular weight is 375 g/mol. The molecule has 2 rings (SSSR count). The number of ether oxygens (including phenoxy) is 1. The van der Waals surface area contributed by atoms with Gasteiger partial charge in [-0.2, -0.15) is 0 Å². The number of hydrogen-bond donors (Lipinski definition) is 1. The molecule has 3 nitrogen and oxygen atoms in total. The van der Waals surface area contributed by atoms with E-state index in [4.69, 9.17) is 27.9 Å². The Bertz CT molecular complexity index is 662. The van der Waals surface area contributed by atoms with Crippen LogP contribution in [0.1, 0.15) is 10.4 Å². The molecule has 0 aliphatic heterocycles. The van der Waals surface area contributed by atoms with Crippen molar-refractivity contribution in [2.24, 2.45) is 0 Å². The zero-order chi connectivity index (χ0) is 14.7. The van der Waals surface area contributed by atoms with Crippen LogP contribution in [0.2, 0.25) is 10.0 Å². The predicted molar refractivity (Wildman–Crippen MR) is 85.1 cm³/mol. The number of amides is 1. The molecular formula is C14H10BrCl2NO2. The van der Waals surface area contributed by atoms with Gasteiger partial charge in [-0.15, -0.1) is 0 Å². The molecule has 104 valence electrons. The summed E-state index contributed by atoms with van der Waals surface area (Å²) in [7, 11) is 1.50. The highest BCUT2D eigenvalue weighted by molar-refractivity contribution is 9.10. The second kappa shape index (κ2) is 6.48. The van der Waals surface area contributed by atoms with E-state index in [2.05, 4.69) is 21.2 Å². The third-order valence-electron chi connectivity index (χ3n) is 2.58. The highest BCUT2D eigenvalue weighted by atomic mass is 79.9. The summed E-state index contributed by atoms with van der Waals surface area (Å²) >= 11 is 15.2. The lowest BCUT2D eigenvalue weighted by molar-refractivity contribution is 0.102. The number of carbonyl (C=O) groups excluding carboxylic acids is 1. The van der Waals surface area contributed by atoms with Crippen molar-refractivity contribution in [1.29, 1.82) is 0 Å². The number of hydrogen-bond acceptors (Lipinski definition) is 2. The Morgan fingerprint density at radius 3 is 2.60 bits per heavy atom.